The third-order valence-corrected chi connectivity index (χ3v) is 18.9. The van der Waals surface area contributed by atoms with Gasteiger partial charge in [0, 0.05) is 45.0 Å². The van der Waals surface area contributed by atoms with Gasteiger partial charge >= 0.3 is 0 Å². The smallest absolute Gasteiger partial charge is 0.197 e. The maximum absolute atomic E-state index is 4.71. The van der Waals surface area contributed by atoms with Crippen molar-refractivity contribution in [3.05, 3.63) is 241 Å². The normalized spacial score (nSPS) is 12.6. The summed E-state index contributed by atoms with van der Waals surface area (Å²) in [5.74, 6) is 1.00. The lowest BCUT2D eigenvalue weighted by Crippen LogP contribution is -2.25. The second-order valence-electron chi connectivity index (χ2n) is 24.6. The van der Waals surface area contributed by atoms with Crippen molar-refractivity contribution in [3.8, 4) is 78.7 Å². The number of aryl methyl sites for hydroxylation is 2. The van der Waals surface area contributed by atoms with Gasteiger partial charge in [-0.05, 0) is 166 Å². The van der Waals surface area contributed by atoms with E-state index in [0.29, 0.717) is 11.6 Å². The molecular weight excluding hydrogens is 1060 g/mol. The SMILES string of the molecule is CCCCCCCCC1(CCCCCCCC)c2cc(-c3ccc(-c4ccc(C)cc4)cc3)ccc2-c2ccc(-c3cc(C)cc(-n4c5ccccc5c5cc(-c6ccc7c(c6)c6ccccc6n7-c6cnc(-c7ncccn7)nc6)ccc54)c3)cc21. The van der Waals surface area contributed by atoms with Gasteiger partial charge in [0.05, 0.1) is 40.1 Å². The van der Waals surface area contributed by atoms with E-state index in [0.717, 1.165) is 16.7 Å². The van der Waals surface area contributed by atoms with Crippen molar-refractivity contribution in [1.29, 1.82) is 0 Å². The highest BCUT2D eigenvalue weighted by Gasteiger charge is 2.43. The van der Waals surface area contributed by atoms with Crippen LogP contribution in [0.2, 0.25) is 0 Å². The van der Waals surface area contributed by atoms with Crippen LogP contribution in [0.4, 0.5) is 0 Å². The summed E-state index contributed by atoms with van der Waals surface area (Å²) in [5, 5.41) is 4.83. The molecule has 1 aliphatic rings. The standard InChI is InChI=1S/C81H76N6/c1-5-7-9-11-13-19-42-81(43-20-14-12-10-8-6-2)73-51-62(59-32-30-58(31-33-59)57-28-26-55(3)27-29-57)34-38-67(73)68-39-35-63(52-74(68)81)64-46-56(4)47-65(48-64)86-75-24-17-15-22-69(75)71-49-60(36-40-77(71)86)61-37-41-78-72(50-61)70-23-16-18-25-76(70)87(78)66-53-84-80(85-54-66)79-82-44-21-45-83-79/h15-18,21-41,44-54H,5-14,19-20,42-43H2,1-4H3. The molecule has 9 aromatic carbocycles. The summed E-state index contributed by atoms with van der Waals surface area (Å²) >= 11 is 0. The van der Waals surface area contributed by atoms with Crippen LogP contribution in [0.1, 0.15) is 126 Å². The van der Waals surface area contributed by atoms with Crippen LogP contribution in [0, 0.1) is 13.8 Å². The molecule has 6 heteroatoms. The molecule has 13 aromatic rings. The summed E-state index contributed by atoms with van der Waals surface area (Å²) in [7, 11) is 0. The molecule has 0 aliphatic heterocycles. The Hall–Kier alpha value is -9.26. The van der Waals surface area contributed by atoms with Crippen LogP contribution in [0.15, 0.2) is 219 Å². The molecule has 0 saturated carbocycles. The fourth-order valence-corrected chi connectivity index (χ4v) is 14.4. The van der Waals surface area contributed by atoms with Crippen LogP contribution in [-0.4, -0.2) is 29.1 Å². The topological polar surface area (TPSA) is 61.4 Å². The van der Waals surface area contributed by atoms with Crippen LogP contribution in [0.25, 0.3) is 122 Å². The van der Waals surface area contributed by atoms with Gasteiger partial charge in [-0.3, -0.25) is 0 Å². The lowest BCUT2D eigenvalue weighted by Gasteiger charge is -2.33. The number of aromatic nitrogens is 6. The lowest BCUT2D eigenvalue weighted by molar-refractivity contribution is 0.398. The van der Waals surface area contributed by atoms with E-state index in [9.17, 15) is 0 Å². The van der Waals surface area contributed by atoms with E-state index in [1.54, 1.807) is 18.5 Å². The van der Waals surface area contributed by atoms with Crippen molar-refractivity contribution in [3.63, 3.8) is 0 Å². The highest BCUT2D eigenvalue weighted by molar-refractivity contribution is 6.13. The van der Waals surface area contributed by atoms with Crippen LogP contribution < -0.4 is 0 Å². The average molecular weight is 1130 g/mol. The molecule has 14 rings (SSSR count). The van der Waals surface area contributed by atoms with Crippen molar-refractivity contribution < 1.29 is 0 Å². The molecule has 0 unspecified atom stereocenters. The Morgan fingerprint density at radius 2 is 0.747 bits per heavy atom. The summed E-state index contributed by atoms with van der Waals surface area (Å²) < 4.78 is 4.75. The largest absolute Gasteiger partial charge is 0.309 e. The van der Waals surface area contributed by atoms with E-state index < -0.39 is 0 Å². The van der Waals surface area contributed by atoms with Gasteiger partial charge in [0.1, 0.15) is 0 Å². The molecule has 0 saturated heterocycles. The number of para-hydroxylation sites is 2. The summed E-state index contributed by atoms with van der Waals surface area (Å²) in [4.78, 5) is 18.2. The Labute approximate surface area is 512 Å². The third kappa shape index (κ3) is 10.6. The van der Waals surface area contributed by atoms with Gasteiger partial charge in [-0.1, -0.05) is 224 Å². The number of nitrogens with zero attached hydrogens (tertiary/aromatic N) is 6. The first-order valence-corrected chi connectivity index (χ1v) is 32.1. The summed E-state index contributed by atoms with van der Waals surface area (Å²) in [6.45, 7) is 9.08. The predicted molar refractivity (Wildman–Crippen MR) is 365 cm³/mol. The van der Waals surface area contributed by atoms with Crippen molar-refractivity contribution in [2.24, 2.45) is 0 Å². The van der Waals surface area contributed by atoms with Gasteiger partial charge in [-0.15, -0.1) is 0 Å². The number of benzene rings is 9. The summed E-state index contributed by atoms with van der Waals surface area (Å²) in [6, 6.07) is 73.7. The van der Waals surface area contributed by atoms with Crippen LogP contribution >= 0.6 is 0 Å². The molecule has 0 amide bonds. The number of hydrogen-bond acceptors (Lipinski definition) is 4. The van der Waals surface area contributed by atoms with Gasteiger partial charge in [-0.25, -0.2) is 19.9 Å². The zero-order valence-electron chi connectivity index (χ0n) is 50.9. The molecular formula is C81H76N6. The van der Waals surface area contributed by atoms with Crippen LogP contribution in [-0.2, 0) is 5.41 Å². The Bertz CT molecular complexity index is 4590. The minimum absolute atomic E-state index is 0.0763. The second kappa shape index (κ2) is 24.2. The highest BCUT2D eigenvalue weighted by Crippen LogP contribution is 2.56. The van der Waals surface area contributed by atoms with Gasteiger partial charge in [0.2, 0.25) is 0 Å². The highest BCUT2D eigenvalue weighted by atomic mass is 15.0. The molecule has 0 spiro atoms. The molecule has 0 radical (unpaired) electrons. The Balaban J connectivity index is 0.832. The van der Waals surface area contributed by atoms with E-state index in [-0.39, 0.29) is 5.41 Å². The van der Waals surface area contributed by atoms with E-state index >= 15 is 0 Å². The number of rotatable bonds is 21. The quantitative estimate of drug-likeness (QED) is 0.0673. The van der Waals surface area contributed by atoms with Gasteiger partial charge in [0.25, 0.3) is 0 Å². The number of fused-ring (bicyclic) bond motifs is 9. The molecule has 4 heterocycles. The van der Waals surface area contributed by atoms with E-state index in [2.05, 4.69) is 235 Å². The van der Waals surface area contributed by atoms with E-state index in [1.807, 2.05) is 12.4 Å². The van der Waals surface area contributed by atoms with Gasteiger partial charge in [-0.2, -0.15) is 0 Å². The van der Waals surface area contributed by atoms with Crippen molar-refractivity contribution in [2.45, 2.75) is 123 Å². The van der Waals surface area contributed by atoms with Crippen molar-refractivity contribution in [2.75, 3.05) is 0 Å². The monoisotopic (exact) mass is 1130 g/mol. The molecule has 0 fully saturated rings. The van der Waals surface area contributed by atoms with Crippen molar-refractivity contribution >= 4 is 43.6 Å². The lowest BCUT2D eigenvalue weighted by atomic mass is 9.70. The summed E-state index contributed by atoms with van der Waals surface area (Å²) in [6.07, 6.45) is 25.0. The Morgan fingerprint density at radius 1 is 0.322 bits per heavy atom. The minimum atomic E-state index is -0.0763. The maximum atomic E-state index is 4.71. The van der Waals surface area contributed by atoms with Gasteiger partial charge < -0.3 is 9.13 Å². The first-order chi connectivity index (χ1) is 42.8. The maximum Gasteiger partial charge on any atom is 0.197 e. The first kappa shape index (κ1) is 55.6. The molecule has 87 heavy (non-hydrogen) atoms. The second-order valence-corrected chi connectivity index (χ2v) is 24.6. The molecule has 6 nitrogen and oxygen atoms in total. The molecule has 430 valence electrons. The number of unbranched alkanes of at least 4 members (excludes halogenated alkanes) is 10. The van der Waals surface area contributed by atoms with E-state index in [1.165, 1.54) is 206 Å². The molecule has 1 aliphatic carbocycles. The first-order valence-electron chi connectivity index (χ1n) is 32.1. The third-order valence-electron chi connectivity index (χ3n) is 18.9. The van der Waals surface area contributed by atoms with Gasteiger partial charge in [0.15, 0.2) is 11.6 Å². The zero-order valence-corrected chi connectivity index (χ0v) is 50.9. The summed E-state index contributed by atoms with van der Waals surface area (Å²) in [5.41, 5.74) is 25.0. The average Bonchev–Trinajstić information content (AvgIpc) is 1.81. The van der Waals surface area contributed by atoms with Crippen LogP contribution in [0.5, 0.6) is 0 Å². The zero-order chi connectivity index (χ0) is 58.8. The number of hydrogen-bond donors (Lipinski definition) is 0. The Morgan fingerprint density at radius 3 is 1.30 bits per heavy atom. The molecule has 0 atom stereocenters. The minimum Gasteiger partial charge on any atom is -0.309 e. The molecule has 0 bridgehead atoms. The molecule has 4 aromatic heterocycles. The fraction of sp³-hybridized carbons (Fsp3) is 0.235. The van der Waals surface area contributed by atoms with Crippen LogP contribution in [0.3, 0.4) is 0 Å². The fourth-order valence-electron chi connectivity index (χ4n) is 14.4. The van der Waals surface area contributed by atoms with Crippen molar-refractivity contribution in [1.82, 2.24) is 29.1 Å². The predicted octanol–water partition coefficient (Wildman–Crippen LogP) is 22.2. The Kier molecular flexibility index (Phi) is 15.5. The molecule has 0 N–H and O–H groups in total. The van der Waals surface area contributed by atoms with E-state index in [4.69, 9.17) is 9.97 Å².